The molecule has 1 aliphatic carbocycles. The summed E-state index contributed by atoms with van der Waals surface area (Å²) in [6.07, 6.45) is 5.79. The summed E-state index contributed by atoms with van der Waals surface area (Å²) in [5, 5.41) is 6.99. The summed E-state index contributed by atoms with van der Waals surface area (Å²) in [6.45, 7) is 0.403. The van der Waals surface area contributed by atoms with Crippen LogP contribution in [0.2, 0.25) is 0 Å². The van der Waals surface area contributed by atoms with Gasteiger partial charge in [-0.25, -0.2) is 0 Å². The molecule has 2 rings (SSSR count). The van der Waals surface area contributed by atoms with Crippen molar-refractivity contribution in [3.05, 3.63) is 30.3 Å². The van der Waals surface area contributed by atoms with Gasteiger partial charge in [0.05, 0.1) is 6.54 Å². The highest BCUT2D eigenvalue weighted by Crippen LogP contribution is 2.27. The Balaban J connectivity index is 1.69. The first-order valence-electron chi connectivity index (χ1n) is 6.39. The Morgan fingerprint density at radius 3 is 2.78 bits per heavy atom. The molecule has 0 radical (unpaired) electrons. The molecule has 18 heavy (non-hydrogen) atoms. The smallest absolute Gasteiger partial charge is 0.238 e. The Morgan fingerprint density at radius 1 is 1.33 bits per heavy atom. The van der Waals surface area contributed by atoms with E-state index >= 15 is 0 Å². The van der Waals surface area contributed by atoms with Crippen molar-refractivity contribution in [3.8, 4) is 0 Å². The molecule has 0 spiro atoms. The molecule has 2 N–H and O–H groups in total. The molecule has 98 valence electrons. The van der Waals surface area contributed by atoms with Gasteiger partial charge in [-0.05, 0) is 37.7 Å². The summed E-state index contributed by atoms with van der Waals surface area (Å²) >= 11 is 1.93. The van der Waals surface area contributed by atoms with Gasteiger partial charge in [-0.15, -0.1) is 0 Å². The minimum Gasteiger partial charge on any atom is -0.325 e. The maximum atomic E-state index is 11.7. The highest BCUT2D eigenvalue weighted by Gasteiger charge is 2.23. The molecule has 1 amide bonds. The predicted molar refractivity (Wildman–Crippen MR) is 78.0 cm³/mol. The third kappa shape index (κ3) is 4.03. The molecule has 0 aromatic heterocycles. The van der Waals surface area contributed by atoms with E-state index in [2.05, 4.69) is 16.9 Å². The van der Waals surface area contributed by atoms with Crippen LogP contribution in [-0.4, -0.2) is 30.0 Å². The van der Waals surface area contributed by atoms with Gasteiger partial charge in [-0.2, -0.15) is 11.8 Å². The zero-order chi connectivity index (χ0) is 12.8. The molecule has 0 aliphatic heterocycles. The molecule has 1 aromatic rings. The first-order chi connectivity index (χ1) is 8.78. The van der Waals surface area contributed by atoms with Crippen LogP contribution in [-0.2, 0) is 4.79 Å². The molecule has 1 saturated carbocycles. The van der Waals surface area contributed by atoms with E-state index in [0.29, 0.717) is 12.6 Å². The number of hydrogen-bond donors (Lipinski definition) is 2. The molecule has 3 nitrogen and oxygen atoms in total. The largest absolute Gasteiger partial charge is 0.325 e. The second-order valence-electron chi connectivity index (χ2n) is 4.66. The van der Waals surface area contributed by atoms with Crippen LogP contribution >= 0.6 is 11.8 Å². The molecule has 1 aromatic carbocycles. The van der Waals surface area contributed by atoms with Crippen LogP contribution < -0.4 is 10.6 Å². The summed E-state index contributed by atoms with van der Waals surface area (Å²) in [5.41, 5.74) is 0.859. The van der Waals surface area contributed by atoms with Crippen LogP contribution in [0.5, 0.6) is 0 Å². The minimum atomic E-state index is 0.0359. The summed E-state index contributed by atoms with van der Waals surface area (Å²) in [6, 6.07) is 10.1. The van der Waals surface area contributed by atoms with Crippen LogP contribution in [0.4, 0.5) is 5.69 Å². The first-order valence-corrected chi connectivity index (χ1v) is 7.68. The predicted octanol–water partition coefficient (Wildman–Crippen LogP) is 2.50. The lowest BCUT2D eigenvalue weighted by Crippen LogP contribution is -2.34. The van der Waals surface area contributed by atoms with E-state index in [4.69, 9.17) is 0 Å². The van der Waals surface area contributed by atoms with Crippen LogP contribution in [0.15, 0.2) is 30.3 Å². The summed E-state index contributed by atoms with van der Waals surface area (Å²) < 4.78 is 0. The van der Waals surface area contributed by atoms with Crippen LogP contribution in [0.3, 0.4) is 0 Å². The number of thioether (sulfide) groups is 1. The standard InChI is InChI=1S/C14H20N2OS/c1-18-13-8-7-12(9-13)15-10-14(17)16-11-5-3-2-4-6-11/h2-6,12-13,15H,7-10H2,1H3,(H,16,17). The normalized spacial score (nSPS) is 22.9. The highest BCUT2D eigenvalue weighted by molar-refractivity contribution is 7.99. The van der Waals surface area contributed by atoms with E-state index in [1.54, 1.807) is 0 Å². The summed E-state index contributed by atoms with van der Waals surface area (Å²) in [5.74, 6) is 0.0359. The zero-order valence-electron chi connectivity index (χ0n) is 10.7. The third-order valence-electron chi connectivity index (χ3n) is 3.33. The molecule has 2 unspecified atom stereocenters. The fraction of sp³-hybridized carbons (Fsp3) is 0.500. The molecule has 1 aliphatic rings. The van der Waals surface area contributed by atoms with Gasteiger partial charge in [0.15, 0.2) is 0 Å². The lowest BCUT2D eigenvalue weighted by atomic mass is 10.2. The van der Waals surface area contributed by atoms with Crippen LogP contribution in [0.25, 0.3) is 0 Å². The second kappa shape index (κ2) is 6.81. The Hall–Kier alpha value is -1.00. The topological polar surface area (TPSA) is 41.1 Å². The maximum Gasteiger partial charge on any atom is 0.238 e. The Labute approximate surface area is 113 Å². The van der Waals surface area contributed by atoms with Crippen LogP contribution in [0, 0.1) is 0 Å². The van der Waals surface area contributed by atoms with E-state index in [9.17, 15) is 4.79 Å². The maximum absolute atomic E-state index is 11.7. The Bertz CT molecular complexity index is 383. The minimum absolute atomic E-state index is 0.0359. The average molecular weight is 264 g/mol. The molecular formula is C14H20N2OS. The van der Waals surface area contributed by atoms with E-state index < -0.39 is 0 Å². The first kappa shape index (κ1) is 13.4. The second-order valence-corrected chi connectivity index (χ2v) is 5.80. The van der Waals surface area contributed by atoms with Crippen molar-refractivity contribution in [2.75, 3.05) is 18.1 Å². The van der Waals surface area contributed by atoms with Crippen molar-refractivity contribution in [2.45, 2.75) is 30.6 Å². The van der Waals surface area contributed by atoms with Crippen LogP contribution in [0.1, 0.15) is 19.3 Å². The van der Waals surface area contributed by atoms with Gasteiger partial charge in [-0.1, -0.05) is 18.2 Å². The van der Waals surface area contributed by atoms with Crippen molar-refractivity contribution in [2.24, 2.45) is 0 Å². The molecule has 0 heterocycles. The number of anilines is 1. The monoisotopic (exact) mass is 264 g/mol. The number of rotatable bonds is 5. The number of nitrogens with one attached hydrogen (secondary N) is 2. The molecule has 2 atom stereocenters. The van der Waals surface area contributed by atoms with Gasteiger partial charge in [0.25, 0.3) is 0 Å². The van der Waals surface area contributed by atoms with Crippen molar-refractivity contribution in [1.29, 1.82) is 0 Å². The van der Waals surface area contributed by atoms with Gasteiger partial charge in [0.1, 0.15) is 0 Å². The van der Waals surface area contributed by atoms with Gasteiger partial charge >= 0.3 is 0 Å². The lowest BCUT2D eigenvalue weighted by Gasteiger charge is -2.12. The van der Waals surface area contributed by atoms with Gasteiger partial charge in [-0.3, -0.25) is 4.79 Å². The number of para-hydroxylation sites is 1. The van der Waals surface area contributed by atoms with Crippen molar-refractivity contribution < 1.29 is 4.79 Å². The summed E-state index contributed by atoms with van der Waals surface area (Å²) in [4.78, 5) is 11.7. The Kier molecular flexibility index (Phi) is 5.08. The van der Waals surface area contributed by atoms with E-state index in [1.165, 1.54) is 19.3 Å². The van der Waals surface area contributed by atoms with Gasteiger partial charge in [0.2, 0.25) is 5.91 Å². The van der Waals surface area contributed by atoms with E-state index in [-0.39, 0.29) is 5.91 Å². The zero-order valence-corrected chi connectivity index (χ0v) is 11.5. The number of carbonyl (C=O) groups excluding carboxylic acids is 1. The molecular weight excluding hydrogens is 244 g/mol. The SMILES string of the molecule is CSC1CCC(NCC(=O)Nc2ccccc2)C1. The average Bonchev–Trinajstić information content (AvgIpc) is 2.85. The quantitative estimate of drug-likeness (QED) is 0.858. The van der Waals surface area contributed by atoms with E-state index in [0.717, 1.165) is 10.9 Å². The fourth-order valence-electron chi connectivity index (χ4n) is 2.30. The van der Waals surface area contributed by atoms with Gasteiger partial charge in [0, 0.05) is 17.0 Å². The lowest BCUT2D eigenvalue weighted by molar-refractivity contribution is -0.115. The number of amides is 1. The molecule has 4 heteroatoms. The fourth-order valence-corrected chi connectivity index (χ4v) is 3.10. The van der Waals surface area contributed by atoms with Crippen molar-refractivity contribution >= 4 is 23.4 Å². The highest BCUT2D eigenvalue weighted by atomic mass is 32.2. The Morgan fingerprint density at radius 2 is 2.11 bits per heavy atom. The third-order valence-corrected chi connectivity index (χ3v) is 4.42. The number of benzene rings is 1. The van der Waals surface area contributed by atoms with E-state index in [1.807, 2.05) is 42.1 Å². The number of carbonyl (C=O) groups is 1. The number of hydrogen-bond acceptors (Lipinski definition) is 3. The van der Waals surface area contributed by atoms with Crippen molar-refractivity contribution in [3.63, 3.8) is 0 Å². The molecule has 1 fully saturated rings. The summed E-state index contributed by atoms with van der Waals surface area (Å²) in [7, 11) is 0. The molecule has 0 saturated heterocycles. The van der Waals surface area contributed by atoms with Gasteiger partial charge < -0.3 is 10.6 Å². The molecule has 0 bridgehead atoms. The van der Waals surface area contributed by atoms with Crippen molar-refractivity contribution in [1.82, 2.24) is 5.32 Å².